The van der Waals surface area contributed by atoms with Crippen molar-refractivity contribution in [2.75, 3.05) is 6.54 Å². The first-order chi connectivity index (χ1) is 7.06. The molecule has 0 aliphatic heterocycles. The maximum atomic E-state index is 11.4. The Kier molecular flexibility index (Phi) is 4.05. The average Bonchev–Trinajstić information content (AvgIpc) is 2.56. The summed E-state index contributed by atoms with van der Waals surface area (Å²) in [4.78, 5) is 21.5. The topological polar surface area (TPSA) is 72.2 Å². The van der Waals surface area contributed by atoms with Gasteiger partial charge in [0, 0.05) is 12.6 Å². The predicted molar refractivity (Wildman–Crippen MR) is 58.6 cm³/mol. The third kappa shape index (κ3) is 2.90. The Morgan fingerprint density at radius 2 is 2.40 bits per heavy atom. The van der Waals surface area contributed by atoms with Crippen molar-refractivity contribution in [3.8, 4) is 0 Å². The lowest BCUT2D eigenvalue weighted by Crippen LogP contribution is -2.22. The third-order valence-corrected chi connectivity index (χ3v) is 2.96. The Hall–Kier alpha value is -1.14. The second kappa shape index (κ2) is 5.09. The average molecular weight is 249 g/mol. The molecule has 1 amide bonds. The van der Waals surface area contributed by atoms with Crippen LogP contribution < -0.4 is 5.32 Å². The van der Waals surface area contributed by atoms with Gasteiger partial charge in [-0.1, -0.05) is 18.5 Å². The van der Waals surface area contributed by atoms with Gasteiger partial charge in [0.1, 0.15) is 4.88 Å². The van der Waals surface area contributed by atoms with Gasteiger partial charge in [-0.05, 0) is 6.42 Å². The van der Waals surface area contributed by atoms with Gasteiger partial charge in [-0.2, -0.15) is 0 Å². The van der Waals surface area contributed by atoms with Crippen LogP contribution in [0.2, 0.25) is 4.34 Å². The lowest BCUT2D eigenvalue weighted by atomic mass is 10.4. The maximum Gasteiger partial charge on any atom is 0.299 e. The van der Waals surface area contributed by atoms with Gasteiger partial charge in [-0.25, -0.2) is 0 Å². The van der Waals surface area contributed by atoms with Crippen molar-refractivity contribution < 1.29 is 9.72 Å². The summed E-state index contributed by atoms with van der Waals surface area (Å²) in [6.07, 6.45) is 0.812. The summed E-state index contributed by atoms with van der Waals surface area (Å²) in [5, 5.41) is 13.1. The van der Waals surface area contributed by atoms with Crippen LogP contribution in [0.3, 0.4) is 0 Å². The lowest BCUT2D eigenvalue weighted by Gasteiger charge is -1.98. The number of hydrogen-bond acceptors (Lipinski definition) is 4. The zero-order valence-corrected chi connectivity index (χ0v) is 9.52. The Balaban J connectivity index is 2.83. The van der Waals surface area contributed by atoms with Gasteiger partial charge >= 0.3 is 0 Å². The number of nitrogens with zero attached hydrogens (tertiary/aromatic N) is 1. The molecule has 5 nitrogen and oxygen atoms in total. The van der Waals surface area contributed by atoms with E-state index in [4.69, 9.17) is 11.6 Å². The molecule has 82 valence electrons. The first-order valence-electron chi connectivity index (χ1n) is 4.28. The molecule has 0 saturated heterocycles. The van der Waals surface area contributed by atoms with Crippen molar-refractivity contribution >= 4 is 34.5 Å². The minimum absolute atomic E-state index is 0.0293. The molecule has 0 atom stereocenters. The van der Waals surface area contributed by atoms with Gasteiger partial charge in [0.15, 0.2) is 4.34 Å². The molecule has 1 aromatic rings. The smallest absolute Gasteiger partial charge is 0.299 e. The van der Waals surface area contributed by atoms with Crippen LogP contribution in [-0.2, 0) is 0 Å². The summed E-state index contributed by atoms with van der Waals surface area (Å²) in [5.41, 5.74) is -0.219. The SMILES string of the molecule is CCCNC(=O)c1cc([N+](=O)[O-])c(Cl)s1. The van der Waals surface area contributed by atoms with Gasteiger partial charge in [-0.15, -0.1) is 11.3 Å². The highest BCUT2D eigenvalue weighted by Gasteiger charge is 2.20. The van der Waals surface area contributed by atoms with Crippen LogP contribution in [0.15, 0.2) is 6.07 Å². The van der Waals surface area contributed by atoms with Crippen molar-refractivity contribution in [3.05, 3.63) is 25.4 Å². The maximum absolute atomic E-state index is 11.4. The number of nitro groups is 1. The van der Waals surface area contributed by atoms with Crippen LogP contribution in [-0.4, -0.2) is 17.4 Å². The van der Waals surface area contributed by atoms with E-state index in [9.17, 15) is 14.9 Å². The largest absolute Gasteiger partial charge is 0.351 e. The van der Waals surface area contributed by atoms with Crippen LogP contribution >= 0.6 is 22.9 Å². The van der Waals surface area contributed by atoms with E-state index in [2.05, 4.69) is 5.32 Å². The molecule has 0 radical (unpaired) electrons. The summed E-state index contributed by atoms with van der Waals surface area (Å²) >= 11 is 6.53. The molecular weight excluding hydrogens is 240 g/mol. The van der Waals surface area contributed by atoms with Crippen LogP contribution in [0.25, 0.3) is 0 Å². The molecule has 0 unspecified atom stereocenters. The second-order valence-corrected chi connectivity index (χ2v) is 4.44. The number of thiophene rings is 1. The molecule has 0 aliphatic carbocycles. The summed E-state index contributed by atoms with van der Waals surface area (Å²) in [7, 11) is 0. The number of nitrogens with one attached hydrogen (secondary N) is 1. The highest BCUT2D eigenvalue weighted by molar-refractivity contribution is 7.18. The van der Waals surface area contributed by atoms with E-state index in [0.29, 0.717) is 6.54 Å². The van der Waals surface area contributed by atoms with E-state index in [1.807, 2.05) is 6.92 Å². The van der Waals surface area contributed by atoms with E-state index < -0.39 is 4.92 Å². The van der Waals surface area contributed by atoms with Crippen LogP contribution in [0.4, 0.5) is 5.69 Å². The van der Waals surface area contributed by atoms with E-state index in [0.717, 1.165) is 17.8 Å². The fourth-order valence-electron chi connectivity index (χ4n) is 0.921. The minimum atomic E-state index is -0.602. The molecule has 0 aliphatic rings. The summed E-state index contributed by atoms with van der Waals surface area (Å²) < 4.78 is 0.0293. The Labute approximate surface area is 95.2 Å². The van der Waals surface area contributed by atoms with Gasteiger partial charge in [0.25, 0.3) is 11.6 Å². The molecule has 0 bridgehead atoms. The van der Waals surface area contributed by atoms with Crippen LogP contribution in [0, 0.1) is 10.1 Å². The fourth-order valence-corrected chi connectivity index (χ4v) is 2.06. The van der Waals surface area contributed by atoms with Gasteiger partial charge in [-0.3, -0.25) is 14.9 Å². The summed E-state index contributed by atoms with van der Waals surface area (Å²) in [5.74, 6) is -0.322. The number of hydrogen-bond donors (Lipinski definition) is 1. The molecular formula is C8H9ClN2O3S. The number of carbonyl (C=O) groups excluding carboxylic acids is 1. The number of rotatable bonds is 4. The molecule has 1 N–H and O–H groups in total. The van der Waals surface area contributed by atoms with E-state index in [1.54, 1.807) is 0 Å². The highest BCUT2D eigenvalue weighted by Crippen LogP contribution is 2.33. The molecule has 1 aromatic heterocycles. The van der Waals surface area contributed by atoms with E-state index in [1.165, 1.54) is 6.07 Å². The molecule has 15 heavy (non-hydrogen) atoms. The molecule has 0 fully saturated rings. The van der Waals surface area contributed by atoms with E-state index >= 15 is 0 Å². The van der Waals surface area contributed by atoms with Gasteiger partial charge in [0.2, 0.25) is 0 Å². The molecule has 0 aromatic carbocycles. The Morgan fingerprint density at radius 1 is 1.73 bits per heavy atom. The molecule has 1 heterocycles. The first-order valence-corrected chi connectivity index (χ1v) is 5.47. The molecule has 7 heteroatoms. The normalized spacial score (nSPS) is 10.0. The van der Waals surface area contributed by atoms with Gasteiger partial charge in [0.05, 0.1) is 4.92 Å². The van der Waals surface area contributed by atoms with Crippen molar-refractivity contribution in [1.29, 1.82) is 0 Å². The van der Waals surface area contributed by atoms with Crippen molar-refractivity contribution in [1.82, 2.24) is 5.32 Å². The zero-order valence-electron chi connectivity index (χ0n) is 7.95. The molecule has 0 saturated carbocycles. The van der Waals surface area contributed by atoms with Crippen molar-refractivity contribution in [2.24, 2.45) is 0 Å². The predicted octanol–water partition coefficient (Wildman–Crippen LogP) is 2.45. The van der Waals surface area contributed by atoms with Crippen molar-refractivity contribution in [2.45, 2.75) is 13.3 Å². The van der Waals surface area contributed by atoms with E-state index in [-0.39, 0.29) is 20.8 Å². The molecule has 0 spiro atoms. The fraction of sp³-hybridized carbons (Fsp3) is 0.375. The minimum Gasteiger partial charge on any atom is -0.351 e. The summed E-state index contributed by atoms with van der Waals surface area (Å²) in [6, 6.07) is 1.19. The standard InChI is InChI=1S/C8H9ClN2O3S/c1-2-3-10-8(12)6-4-5(11(13)14)7(9)15-6/h4H,2-3H2,1H3,(H,10,12). The lowest BCUT2D eigenvalue weighted by molar-refractivity contribution is -0.384. The number of carbonyl (C=O) groups is 1. The Morgan fingerprint density at radius 3 is 2.87 bits per heavy atom. The third-order valence-electron chi connectivity index (χ3n) is 1.62. The van der Waals surface area contributed by atoms with Gasteiger partial charge < -0.3 is 5.32 Å². The summed E-state index contributed by atoms with van der Waals surface area (Å²) in [6.45, 7) is 2.46. The monoisotopic (exact) mass is 248 g/mol. The number of halogens is 1. The van der Waals surface area contributed by atoms with Crippen LogP contribution in [0.1, 0.15) is 23.0 Å². The van der Waals surface area contributed by atoms with Crippen LogP contribution in [0.5, 0.6) is 0 Å². The highest BCUT2D eigenvalue weighted by atomic mass is 35.5. The Bertz CT molecular complexity index is 391. The molecule has 1 rings (SSSR count). The zero-order chi connectivity index (χ0) is 11.4. The second-order valence-electron chi connectivity index (χ2n) is 2.78. The first kappa shape index (κ1) is 11.9. The quantitative estimate of drug-likeness (QED) is 0.657. The number of amides is 1. The van der Waals surface area contributed by atoms with Crippen molar-refractivity contribution in [3.63, 3.8) is 0 Å².